The van der Waals surface area contributed by atoms with E-state index in [0.29, 0.717) is 0 Å². The van der Waals surface area contributed by atoms with Crippen molar-refractivity contribution in [1.82, 2.24) is 0 Å². The lowest BCUT2D eigenvalue weighted by Gasteiger charge is -2.44. The van der Waals surface area contributed by atoms with Crippen LogP contribution in [0.1, 0.15) is 0 Å². The second-order valence-corrected chi connectivity index (χ2v) is 56.2. The van der Waals surface area contributed by atoms with E-state index in [1.54, 1.807) is 0 Å². The van der Waals surface area contributed by atoms with Crippen LogP contribution in [0.15, 0.2) is 0 Å². The van der Waals surface area contributed by atoms with Crippen molar-refractivity contribution in [3.05, 3.63) is 0 Å². The van der Waals surface area contributed by atoms with E-state index < -0.39 is 94.4 Å². The van der Waals surface area contributed by atoms with Gasteiger partial charge in [-0.1, -0.05) is 0 Å². The summed E-state index contributed by atoms with van der Waals surface area (Å²) in [5.41, 5.74) is 0. The Bertz CT molecular complexity index is 938. The molecule has 0 saturated heterocycles. The van der Waals surface area contributed by atoms with E-state index in [2.05, 4.69) is 111 Å². The molecule has 0 unspecified atom stereocenters. The van der Waals surface area contributed by atoms with Gasteiger partial charge in [-0.2, -0.15) is 0 Å². The van der Waals surface area contributed by atoms with Crippen molar-refractivity contribution >= 4 is 94.4 Å². The molecule has 11 nitrogen and oxygen atoms in total. The predicted molar refractivity (Wildman–Crippen MR) is 211 cm³/mol. The van der Waals surface area contributed by atoms with Crippen LogP contribution < -0.4 is 0 Å². The Labute approximate surface area is 289 Å². The summed E-state index contributed by atoms with van der Waals surface area (Å²) in [6.07, 6.45) is 0. The van der Waals surface area contributed by atoms with Gasteiger partial charge in [0, 0.05) is 0 Å². The minimum Gasteiger partial charge on any atom is -0.440 e. The zero-order valence-electron chi connectivity index (χ0n) is 33.1. The molecule has 0 rings (SSSR count). The summed E-state index contributed by atoms with van der Waals surface area (Å²) in [4.78, 5) is 0. The van der Waals surface area contributed by atoms with Crippen LogP contribution in [0.2, 0.25) is 151 Å². The minimum atomic E-state index is -2.68. The molecule has 0 aromatic heterocycles. The first-order valence-electron chi connectivity index (χ1n) is 15.9. The van der Waals surface area contributed by atoms with E-state index >= 15 is 0 Å². The first-order chi connectivity index (χ1) is 19.3. The third-order valence-electron chi connectivity index (χ3n) is 4.94. The molecule has 0 N–H and O–H groups in total. The molecule has 45 heavy (non-hydrogen) atoms. The third-order valence-corrected chi connectivity index (χ3v) is 41.8. The van der Waals surface area contributed by atoms with Gasteiger partial charge in [-0.3, -0.25) is 9.15 Å². The summed E-state index contributed by atoms with van der Waals surface area (Å²) in [6.45, 7) is 47.6. The second kappa shape index (κ2) is 16.1. The molecule has 0 spiro atoms. The Morgan fingerprint density at radius 3 is 0.667 bits per heavy atom. The standard InChI is InChI=1S/C23H70O11Si11/c1-35(2)26-38(8,9)28-40(12,13)30-42(16,17)32-44(20,21)34-45(22,23)33-43(18,19)31-41(14,15)29-39(10,11)27-37(6,7)25-24-36(3,4)5/h35H,1-23H3. The van der Waals surface area contributed by atoms with Gasteiger partial charge in [0.15, 0.2) is 9.04 Å². The summed E-state index contributed by atoms with van der Waals surface area (Å²) in [7, 11) is -26.3. The Hall–Kier alpha value is 1.95. The van der Waals surface area contributed by atoms with Gasteiger partial charge in [0.05, 0.1) is 0 Å². The molecule has 0 fully saturated rings. The molecule has 0 aliphatic carbocycles. The summed E-state index contributed by atoms with van der Waals surface area (Å²) >= 11 is 0. The lowest BCUT2D eigenvalue weighted by molar-refractivity contribution is -0.138. The minimum absolute atomic E-state index is 1.22. The average molecular weight is 832 g/mol. The van der Waals surface area contributed by atoms with E-state index in [0.717, 1.165) is 0 Å². The van der Waals surface area contributed by atoms with Crippen LogP contribution in [0.3, 0.4) is 0 Å². The van der Waals surface area contributed by atoms with Gasteiger partial charge in [-0.05, 0) is 151 Å². The van der Waals surface area contributed by atoms with Gasteiger partial charge in [-0.15, -0.1) is 0 Å². The van der Waals surface area contributed by atoms with Crippen LogP contribution in [-0.2, 0) is 46.2 Å². The van der Waals surface area contributed by atoms with Gasteiger partial charge < -0.3 is 37.0 Å². The third kappa shape index (κ3) is 23.1. The maximum Gasteiger partial charge on any atom is 0.358 e. The lowest BCUT2D eigenvalue weighted by Crippen LogP contribution is -2.62. The molecule has 0 bridgehead atoms. The molecule has 0 heterocycles. The normalized spacial score (nSPS) is 15.7. The number of hydrogen-bond donors (Lipinski definition) is 0. The van der Waals surface area contributed by atoms with Crippen LogP contribution in [0.25, 0.3) is 0 Å². The average Bonchev–Trinajstić information content (AvgIpc) is 2.55. The molecule has 22 heteroatoms. The van der Waals surface area contributed by atoms with Crippen molar-refractivity contribution in [1.29, 1.82) is 0 Å². The fourth-order valence-corrected chi connectivity index (χ4v) is 54.5. The fourth-order valence-electron chi connectivity index (χ4n) is 5.72. The monoisotopic (exact) mass is 830 g/mol. The zero-order chi connectivity index (χ0) is 36.4. The van der Waals surface area contributed by atoms with Crippen molar-refractivity contribution in [2.24, 2.45) is 0 Å². The van der Waals surface area contributed by atoms with E-state index in [1.807, 2.05) is 39.3 Å². The molecule has 0 amide bonds. The van der Waals surface area contributed by atoms with Crippen molar-refractivity contribution in [3.8, 4) is 0 Å². The van der Waals surface area contributed by atoms with E-state index in [1.165, 1.54) is 0 Å². The molecule has 0 aromatic rings. The highest BCUT2D eigenvalue weighted by molar-refractivity contribution is 6.92. The summed E-state index contributed by atoms with van der Waals surface area (Å²) < 4.78 is 71.0. The topological polar surface area (TPSA) is 102 Å². The highest BCUT2D eigenvalue weighted by Gasteiger charge is 2.50. The molecule has 0 aromatic carbocycles. The predicted octanol–water partition coefficient (Wildman–Crippen LogP) is 8.22. The first kappa shape index (κ1) is 46.9. The molecular formula is C23H70O11Si11. The number of hydrogen-bond acceptors (Lipinski definition) is 11. The molecule has 0 atom stereocenters. The Morgan fingerprint density at radius 1 is 0.267 bits per heavy atom. The van der Waals surface area contributed by atoms with Gasteiger partial charge >= 0.3 is 77.0 Å². The van der Waals surface area contributed by atoms with Crippen molar-refractivity contribution in [2.45, 2.75) is 151 Å². The quantitative estimate of drug-likeness (QED) is 0.0636. The van der Waals surface area contributed by atoms with Crippen LogP contribution in [0, 0.1) is 0 Å². The van der Waals surface area contributed by atoms with Crippen molar-refractivity contribution < 1.29 is 46.2 Å². The highest BCUT2D eigenvalue weighted by atomic mass is 28.5. The second-order valence-electron chi connectivity index (χ2n) is 16.9. The Balaban J connectivity index is 5.44. The summed E-state index contributed by atoms with van der Waals surface area (Å²) in [5.74, 6) is 0. The molecule has 272 valence electrons. The van der Waals surface area contributed by atoms with Crippen LogP contribution in [-0.4, -0.2) is 94.4 Å². The van der Waals surface area contributed by atoms with Crippen molar-refractivity contribution in [2.75, 3.05) is 0 Å². The zero-order valence-corrected chi connectivity index (χ0v) is 44.2. The molecule has 0 aliphatic heterocycles. The van der Waals surface area contributed by atoms with Gasteiger partial charge in [0.2, 0.25) is 8.32 Å². The smallest absolute Gasteiger partial charge is 0.358 e. The molecule has 0 radical (unpaired) electrons. The Morgan fingerprint density at radius 2 is 0.467 bits per heavy atom. The molecule has 0 saturated carbocycles. The number of rotatable bonds is 21. The van der Waals surface area contributed by atoms with Crippen LogP contribution in [0.4, 0.5) is 0 Å². The van der Waals surface area contributed by atoms with Gasteiger partial charge in [0.1, 0.15) is 0 Å². The maximum atomic E-state index is 6.74. The maximum absolute atomic E-state index is 6.74. The largest absolute Gasteiger partial charge is 0.440 e. The summed E-state index contributed by atoms with van der Waals surface area (Å²) in [5, 5.41) is 0. The molecule has 0 aliphatic rings. The van der Waals surface area contributed by atoms with Crippen LogP contribution in [0.5, 0.6) is 0 Å². The fraction of sp³-hybridized carbons (Fsp3) is 1.00. The van der Waals surface area contributed by atoms with Gasteiger partial charge in [-0.25, -0.2) is 0 Å². The SMILES string of the molecule is C[SiH](C)O[Si](C)(C)O[Si](C)(C)O[Si](C)(C)O[Si](C)(C)O[Si](C)(C)O[Si](C)(C)O[Si](C)(C)O[Si](C)(C)O[Si](C)(C)OO[Si](C)(C)C. The Kier molecular flexibility index (Phi) is 16.8. The van der Waals surface area contributed by atoms with Gasteiger partial charge in [0.25, 0.3) is 0 Å². The summed E-state index contributed by atoms with van der Waals surface area (Å²) in [6, 6.07) is 0. The van der Waals surface area contributed by atoms with Crippen LogP contribution >= 0.6 is 0 Å². The van der Waals surface area contributed by atoms with E-state index in [9.17, 15) is 0 Å². The molecular weight excluding hydrogens is 761 g/mol. The van der Waals surface area contributed by atoms with E-state index in [4.69, 9.17) is 46.2 Å². The first-order valence-corrected chi connectivity index (χ1v) is 47.5. The van der Waals surface area contributed by atoms with E-state index in [-0.39, 0.29) is 0 Å². The van der Waals surface area contributed by atoms with Crippen molar-refractivity contribution in [3.63, 3.8) is 0 Å². The lowest BCUT2D eigenvalue weighted by atomic mass is 11.8. The highest BCUT2D eigenvalue weighted by Crippen LogP contribution is 2.30.